The van der Waals surface area contributed by atoms with Crippen molar-refractivity contribution in [3.63, 3.8) is 0 Å². The van der Waals surface area contributed by atoms with Gasteiger partial charge in [-0.05, 0) is 31.6 Å². The first-order valence-electron chi connectivity index (χ1n) is 32.1. The van der Waals surface area contributed by atoms with Crippen molar-refractivity contribution in [2.24, 2.45) is 5.92 Å². The van der Waals surface area contributed by atoms with Crippen LogP contribution in [-0.4, -0.2) is 96.7 Å². The highest BCUT2D eigenvalue weighted by Crippen LogP contribution is 2.45. The second kappa shape index (κ2) is 55.0. The Hall–Kier alpha value is -1.94. The van der Waals surface area contributed by atoms with E-state index in [4.69, 9.17) is 37.0 Å². The standard InChI is InChI=1S/C61H118O17P2/c1-6-9-12-15-17-19-21-26-30-35-40-45-59(64)72-51-57(78-61(66)47-42-37-32-28-24-23-25-29-34-38-43-54(4)5)53-76-80(69,70)74-49-55(62)48-73-79(67,68)75-52-56(50-71-58(63)44-39-33-14-11-8-3)77-60(65)46-41-36-31-27-22-20-18-16-13-10-7-2/h54-57,62H,6-53H2,1-5H3,(H,67,68)(H,69,70)/t55-,56+,57+/m0/s1. The van der Waals surface area contributed by atoms with Crippen molar-refractivity contribution in [1.82, 2.24) is 0 Å². The molecule has 0 bridgehead atoms. The van der Waals surface area contributed by atoms with Crippen molar-refractivity contribution >= 4 is 39.5 Å². The second-order valence-electron chi connectivity index (χ2n) is 22.6. The number of unbranched alkanes of at least 4 members (excludes halogenated alkanes) is 33. The summed E-state index contributed by atoms with van der Waals surface area (Å²) in [4.78, 5) is 71.8. The number of aliphatic hydroxyl groups is 1. The molecule has 0 saturated heterocycles. The topological polar surface area (TPSA) is 237 Å². The fourth-order valence-electron chi connectivity index (χ4n) is 9.05. The average molecular weight is 1190 g/mol. The minimum absolute atomic E-state index is 0.106. The summed E-state index contributed by atoms with van der Waals surface area (Å²) in [7, 11) is -9.87. The molecule has 17 nitrogen and oxygen atoms in total. The van der Waals surface area contributed by atoms with Crippen LogP contribution >= 0.6 is 15.6 Å². The lowest BCUT2D eigenvalue weighted by atomic mass is 10.0. The van der Waals surface area contributed by atoms with E-state index in [-0.39, 0.29) is 25.7 Å². The van der Waals surface area contributed by atoms with E-state index in [2.05, 4.69) is 34.6 Å². The third-order valence-corrected chi connectivity index (χ3v) is 15.9. The summed E-state index contributed by atoms with van der Waals surface area (Å²) in [6.45, 7) is 7.07. The summed E-state index contributed by atoms with van der Waals surface area (Å²) in [5.74, 6) is -1.39. The van der Waals surface area contributed by atoms with Gasteiger partial charge in [-0.15, -0.1) is 0 Å². The quantitative estimate of drug-likeness (QED) is 0.0222. The predicted octanol–water partition coefficient (Wildman–Crippen LogP) is 16.6. The van der Waals surface area contributed by atoms with Gasteiger partial charge in [-0.2, -0.15) is 0 Å². The van der Waals surface area contributed by atoms with Gasteiger partial charge in [0, 0.05) is 25.7 Å². The predicted molar refractivity (Wildman–Crippen MR) is 317 cm³/mol. The van der Waals surface area contributed by atoms with Gasteiger partial charge in [0.05, 0.1) is 26.4 Å². The molecule has 0 amide bonds. The highest BCUT2D eigenvalue weighted by Gasteiger charge is 2.30. The van der Waals surface area contributed by atoms with E-state index in [9.17, 15) is 43.2 Å². The average Bonchev–Trinajstić information content (AvgIpc) is 3.42. The van der Waals surface area contributed by atoms with Gasteiger partial charge in [0.25, 0.3) is 0 Å². The zero-order valence-corrected chi connectivity index (χ0v) is 53.0. The number of hydrogen-bond donors (Lipinski definition) is 3. The lowest BCUT2D eigenvalue weighted by molar-refractivity contribution is -0.161. The van der Waals surface area contributed by atoms with Crippen LogP contribution < -0.4 is 0 Å². The fraction of sp³-hybridized carbons (Fsp3) is 0.934. The summed E-state index contributed by atoms with van der Waals surface area (Å²) in [5.41, 5.74) is 0. The highest BCUT2D eigenvalue weighted by atomic mass is 31.2. The van der Waals surface area contributed by atoms with E-state index in [1.807, 2.05) is 0 Å². The molecule has 0 rings (SSSR count). The first-order valence-corrected chi connectivity index (χ1v) is 35.1. The highest BCUT2D eigenvalue weighted by molar-refractivity contribution is 7.47. The minimum Gasteiger partial charge on any atom is -0.462 e. The Labute approximate surface area is 486 Å². The lowest BCUT2D eigenvalue weighted by Gasteiger charge is -2.21. The Kier molecular flexibility index (Phi) is 53.6. The molecule has 0 heterocycles. The molecule has 0 aromatic rings. The molecule has 0 aromatic heterocycles. The number of esters is 4. The molecule has 0 aliphatic rings. The molecule has 0 saturated carbocycles. The monoisotopic (exact) mass is 1180 g/mol. The van der Waals surface area contributed by atoms with Crippen LogP contribution in [0.5, 0.6) is 0 Å². The third kappa shape index (κ3) is 55.3. The number of carbonyl (C=O) groups excluding carboxylic acids is 4. The molecule has 0 aliphatic heterocycles. The van der Waals surface area contributed by atoms with Crippen LogP contribution in [-0.2, 0) is 65.4 Å². The van der Waals surface area contributed by atoms with Crippen LogP contribution in [0.4, 0.5) is 0 Å². The van der Waals surface area contributed by atoms with E-state index in [1.54, 1.807) is 0 Å². The van der Waals surface area contributed by atoms with Crippen molar-refractivity contribution in [1.29, 1.82) is 0 Å². The molecule has 19 heteroatoms. The molecule has 0 spiro atoms. The van der Waals surface area contributed by atoms with Crippen molar-refractivity contribution in [3.8, 4) is 0 Å². The molecule has 474 valence electrons. The smallest absolute Gasteiger partial charge is 0.462 e. The Morgan fingerprint density at radius 2 is 0.575 bits per heavy atom. The van der Waals surface area contributed by atoms with Crippen LogP contribution in [0.15, 0.2) is 0 Å². The van der Waals surface area contributed by atoms with Gasteiger partial charge < -0.3 is 33.8 Å². The lowest BCUT2D eigenvalue weighted by Crippen LogP contribution is -2.30. The Morgan fingerprint density at radius 1 is 0.338 bits per heavy atom. The molecule has 0 radical (unpaired) electrons. The van der Waals surface area contributed by atoms with Crippen molar-refractivity contribution < 1.29 is 80.2 Å². The third-order valence-electron chi connectivity index (χ3n) is 14.0. The summed E-state index contributed by atoms with van der Waals surface area (Å²) in [5, 5.41) is 10.5. The largest absolute Gasteiger partial charge is 0.472 e. The minimum atomic E-state index is -4.94. The first-order chi connectivity index (χ1) is 38.5. The number of hydrogen-bond acceptors (Lipinski definition) is 15. The van der Waals surface area contributed by atoms with Gasteiger partial charge in [-0.3, -0.25) is 37.3 Å². The Balaban J connectivity index is 5.18. The molecule has 0 aromatic carbocycles. The fourth-order valence-corrected chi connectivity index (χ4v) is 10.6. The number of aliphatic hydroxyl groups excluding tert-OH is 1. The van der Waals surface area contributed by atoms with Gasteiger partial charge in [-0.25, -0.2) is 9.13 Å². The van der Waals surface area contributed by atoms with Crippen LogP contribution in [0, 0.1) is 5.92 Å². The maximum Gasteiger partial charge on any atom is 0.472 e. The summed E-state index contributed by atoms with van der Waals surface area (Å²) in [6, 6.07) is 0. The zero-order chi connectivity index (χ0) is 59.2. The van der Waals surface area contributed by atoms with Crippen molar-refractivity contribution in [2.75, 3.05) is 39.6 Å². The van der Waals surface area contributed by atoms with E-state index in [1.165, 1.54) is 122 Å². The first kappa shape index (κ1) is 78.1. The number of phosphoric ester groups is 2. The van der Waals surface area contributed by atoms with E-state index >= 15 is 0 Å². The Morgan fingerprint density at radius 3 is 0.850 bits per heavy atom. The van der Waals surface area contributed by atoms with Gasteiger partial charge in [0.15, 0.2) is 12.2 Å². The molecular formula is C61H118O17P2. The van der Waals surface area contributed by atoms with E-state index in [0.717, 1.165) is 102 Å². The molecule has 3 N–H and O–H groups in total. The molecular weight excluding hydrogens is 1070 g/mol. The van der Waals surface area contributed by atoms with Gasteiger partial charge in [0.2, 0.25) is 0 Å². The molecule has 2 unspecified atom stereocenters. The van der Waals surface area contributed by atoms with Crippen LogP contribution in [0.25, 0.3) is 0 Å². The van der Waals surface area contributed by atoms with Crippen molar-refractivity contribution in [3.05, 3.63) is 0 Å². The number of carbonyl (C=O) groups is 4. The zero-order valence-electron chi connectivity index (χ0n) is 51.2. The number of ether oxygens (including phenoxy) is 4. The van der Waals surface area contributed by atoms with Crippen LogP contribution in [0.1, 0.15) is 304 Å². The summed E-state index contributed by atoms with van der Waals surface area (Å²) >= 11 is 0. The molecule has 5 atom stereocenters. The van der Waals surface area contributed by atoms with Crippen molar-refractivity contribution in [2.45, 2.75) is 323 Å². The summed E-state index contributed by atoms with van der Waals surface area (Å²) < 4.78 is 67.7. The molecule has 0 fully saturated rings. The SMILES string of the molecule is CCCCCCCCCCCCCC(=O)OC[C@H](COP(=O)(O)OC[C@@H](O)COP(=O)(O)OC[C@@H](COC(=O)CCCCCCC)OC(=O)CCCCCCCCCCCCC)OC(=O)CCCCCCCCCCCCC(C)C. The normalized spacial score (nSPS) is 14.3. The second-order valence-corrected chi connectivity index (χ2v) is 25.5. The van der Waals surface area contributed by atoms with E-state index in [0.29, 0.717) is 25.7 Å². The molecule has 0 aliphatic carbocycles. The summed E-state index contributed by atoms with van der Waals surface area (Å²) in [6.07, 6.45) is 37.8. The van der Waals surface area contributed by atoms with Gasteiger partial charge >= 0.3 is 39.5 Å². The van der Waals surface area contributed by atoms with E-state index < -0.39 is 97.5 Å². The van der Waals surface area contributed by atoms with Crippen LogP contribution in [0.2, 0.25) is 0 Å². The van der Waals surface area contributed by atoms with Gasteiger partial charge in [-0.1, -0.05) is 253 Å². The maximum atomic E-state index is 12.9. The number of rotatable bonds is 61. The Bertz CT molecular complexity index is 1570. The maximum absolute atomic E-state index is 12.9. The number of phosphoric acid groups is 2. The van der Waals surface area contributed by atoms with Crippen LogP contribution in [0.3, 0.4) is 0 Å². The van der Waals surface area contributed by atoms with Gasteiger partial charge in [0.1, 0.15) is 19.3 Å². The molecule has 80 heavy (non-hydrogen) atoms.